The number of Topliss-reactive ketones (excluding diaryl/α,β-unsaturated/α-hetero) is 1. The van der Waals surface area contributed by atoms with Crippen LogP contribution in [0.15, 0.2) is 40.4 Å². The number of hydrogen-bond acceptors (Lipinski definition) is 7. The van der Waals surface area contributed by atoms with E-state index in [1.165, 1.54) is 28.7 Å². The van der Waals surface area contributed by atoms with Crippen LogP contribution in [0, 0.1) is 20.8 Å². The lowest BCUT2D eigenvalue weighted by Crippen LogP contribution is -2.28. The van der Waals surface area contributed by atoms with Crippen molar-refractivity contribution in [3.8, 4) is 0 Å². The third kappa shape index (κ3) is 4.23. The quantitative estimate of drug-likeness (QED) is 0.218. The highest BCUT2D eigenvalue weighted by Crippen LogP contribution is 2.31. The maximum atomic E-state index is 13.5. The monoisotopic (exact) mass is 479 g/mol. The van der Waals surface area contributed by atoms with E-state index in [1.807, 2.05) is 39.0 Å². The van der Waals surface area contributed by atoms with Crippen LogP contribution in [-0.2, 0) is 11.3 Å². The molecule has 1 aliphatic heterocycles. The number of ketones is 1. The van der Waals surface area contributed by atoms with E-state index in [1.54, 1.807) is 10.8 Å². The van der Waals surface area contributed by atoms with E-state index >= 15 is 0 Å². The van der Waals surface area contributed by atoms with Crippen molar-refractivity contribution in [3.63, 3.8) is 0 Å². The second-order valence-corrected chi connectivity index (χ2v) is 10.5. The van der Waals surface area contributed by atoms with Crippen LogP contribution >= 0.6 is 23.1 Å². The number of aryl methyl sites for hydroxylation is 3. The Morgan fingerprint density at radius 3 is 2.85 bits per heavy atom. The number of carbonyl (C=O) groups is 1. The van der Waals surface area contributed by atoms with Gasteiger partial charge in [-0.3, -0.25) is 14.2 Å². The van der Waals surface area contributed by atoms with Crippen molar-refractivity contribution in [2.24, 2.45) is 0 Å². The van der Waals surface area contributed by atoms with Gasteiger partial charge in [-0.05, 0) is 68.5 Å². The van der Waals surface area contributed by atoms with Crippen LogP contribution in [0.4, 0.5) is 0 Å². The van der Waals surface area contributed by atoms with Gasteiger partial charge in [0.05, 0.1) is 23.9 Å². The number of pyridine rings is 1. The fourth-order valence-corrected chi connectivity index (χ4v) is 6.19. The minimum absolute atomic E-state index is 0.00787. The highest BCUT2D eigenvalue weighted by molar-refractivity contribution is 7.99. The lowest BCUT2D eigenvalue weighted by Gasteiger charge is -2.16. The van der Waals surface area contributed by atoms with Gasteiger partial charge in [-0.25, -0.2) is 9.97 Å². The SMILES string of the molecule is Cc1cc(C)c(C(=O)CSc2nc3c(sc4ncccc43)c(=O)n2CC2CCCO2)cc1C. The molecular weight excluding hydrogens is 454 g/mol. The van der Waals surface area contributed by atoms with Gasteiger partial charge in [-0.15, -0.1) is 11.3 Å². The van der Waals surface area contributed by atoms with Crippen molar-refractivity contribution in [1.82, 2.24) is 14.5 Å². The summed E-state index contributed by atoms with van der Waals surface area (Å²) in [5.41, 5.74) is 4.54. The van der Waals surface area contributed by atoms with Gasteiger partial charge in [0.25, 0.3) is 5.56 Å². The zero-order chi connectivity index (χ0) is 23.1. The zero-order valence-electron chi connectivity index (χ0n) is 18.9. The smallest absolute Gasteiger partial charge is 0.272 e. The molecule has 3 aromatic heterocycles. The molecule has 170 valence electrons. The first kappa shape index (κ1) is 22.3. The van der Waals surface area contributed by atoms with Crippen LogP contribution in [-0.4, -0.2) is 38.8 Å². The first-order chi connectivity index (χ1) is 15.9. The van der Waals surface area contributed by atoms with Crippen molar-refractivity contribution in [3.05, 3.63) is 63.1 Å². The predicted molar refractivity (Wildman–Crippen MR) is 134 cm³/mol. The number of thioether (sulfide) groups is 1. The van der Waals surface area contributed by atoms with Crippen molar-refractivity contribution in [1.29, 1.82) is 0 Å². The molecule has 8 heteroatoms. The number of nitrogens with zero attached hydrogens (tertiary/aromatic N) is 3. The summed E-state index contributed by atoms with van der Waals surface area (Å²) in [5, 5.41) is 1.43. The molecule has 4 heterocycles. The molecule has 0 spiro atoms. The molecule has 0 amide bonds. The van der Waals surface area contributed by atoms with Crippen LogP contribution < -0.4 is 5.56 Å². The standard InChI is InChI=1S/C25H25N3O3S2/c1-14-10-16(3)19(11-15(14)2)20(29)13-32-25-27-21-18-7-4-8-26-23(18)33-22(21)24(30)28(25)12-17-6-5-9-31-17/h4,7-8,10-11,17H,5-6,9,12-13H2,1-3H3. The van der Waals surface area contributed by atoms with Crippen molar-refractivity contribution in [2.75, 3.05) is 12.4 Å². The Labute approximate surface area is 200 Å². The highest BCUT2D eigenvalue weighted by Gasteiger charge is 2.23. The van der Waals surface area contributed by atoms with E-state index in [0.717, 1.165) is 46.4 Å². The molecule has 6 nitrogen and oxygen atoms in total. The molecule has 0 N–H and O–H groups in total. The van der Waals surface area contributed by atoms with Crippen LogP contribution in [0.25, 0.3) is 20.4 Å². The van der Waals surface area contributed by atoms with Crippen LogP contribution in [0.5, 0.6) is 0 Å². The number of hydrogen-bond donors (Lipinski definition) is 0. The van der Waals surface area contributed by atoms with Gasteiger partial charge in [0.15, 0.2) is 10.9 Å². The highest BCUT2D eigenvalue weighted by atomic mass is 32.2. The minimum Gasteiger partial charge on any atom is -0.376 e. The summed E-state index contributed by atoms with van der Waals surface area (Å²) in [6.45, 7) is 7.20. The number of thiophene rings is 1. The number of benzene rings is 1. The van der Waals surface area contributed by atoms with Crippen LogP contribution in [0.2, 0.25) is 0 Å². The summed E-state index contributed by atoms with van der Waals surface area (Å²) < 4.78 is 8.09. The van der Waals surface area contributed by atoms with Crippen molar-refractivity contribution in [2.45, 2.75) is 51.4 Å². The zero-order valence-corrected chi connectivity index (χ0v) is 20.5. The summed E-state index contributed by atoms with van der Waals surface area (Å²) in [7, 11) is 0. The summed E-state index contributed by atoms with van der Waals surface area (Å²) in [4.78, 5) is 36.7. The molecule has 4 aromatic rings. The van der Waals surface area contributed by atoms with Gasteiger partial charge in [0, 0.05) is 23.8 Å². The molecule has 1 aromatic carbocycles. The Bertz CT molecular complexity index is 1430. The van der Waals surface area contributed by atoms with Crippen LogP contribution in [0.3, 0.4) is 0 Å². The lowest BCUT2D eigenvalue weighted by molar-refractivity contribution is 0.0938. The Morgan fingerprint density at radius 1 is 1.24 bits per heavy atom. The van der Waals surface area contributed by atoms with Crippen LogP contribution in [0.1, 0.15) is 39.9 Å². The Hall–Kier alpha value is -2.55. The van der Waals surface area contributed by atoms with Gasteiger partial charge >= 0.3 is 0 Å². The van der Waals surface area contributed by atoms with E-state index < -0.39 is 0 Å². The number of ether oxygens (including phenoxy) is 1. The first-order valence-electron chi connectivity index (χ1n) is 11.1. The van der Waals surface area contributed by atoms with E-state index in [2.05, 4.69) is 11.1 Å². The molecule has 1 aliphatic rings. The van der Waals surface area contributed by atoms with Crippen molar-refractivity contribution < 1.29 is 9.53 Å². The Balaban J connectivity index is 1.54. The predicted octanol–water partition coefficient (Wildman–Crippen LogP) is 5.09. The lowest BCUT2D eigenvalue weighted by atomic mass is 9.99. The van der Waals surface area contributed by atoms with E-state index in [9.17, 15) is 9.59 Å². The molecule has 0 aliphatic carbocycles. The second-order valence-electron chi connectivity index (χ2n) is 8.54. The Morgan fingerprint density at radius 2 is 2.06 bits per heavy atom. The molecular formula is C25H25N3O3S2. The number of fused-ring (bicyclic) bond motifs is 3. The third-order valence-corrected chi connectivity index (χ3v) is 8.27. The summed E-state index contributed by atoms with van der Waals surface area (Å²) in [6, 6.07) is 7.81. The maximum Gasteiger partial charge on any atom is 0.272 e. The third-order valence-electron chi connectivity index (χ3n) is 6.20. The average molecular weight is 480 g/mol. The van der Waals surface area contributed by atoms with E-state index in [4.69, 9.17) is 9.72 Å². The number of carbonyl (C=O) groups excluding carboxylic acids is 1. The Kier molecular flexibility index (Phi) is 6.07. The van der Waals surface area contributed by atoms with Gasteiger partial charge in [0.1, 0.15) is 9.53 Å². The molecule has 1 unspecified atom stereocenters. The molecule has 33 heavy (non-hydrogen) atoms. The molecule has 0 saturated carbocycles. The second kappa shape index (κ2) is 9.00. The van der Waals surface area contributed by atoms with E-state index in [0.29, 0.717) is 21.9 Å². The number of aromatic nitrogens is 3. The largest absolute Gasteiger partial charge is 0.376 e. The number of rotatable bonds is 6. The summed E-state index contributed by atoms with van der Waals surface area (Å²) >= 11 is 2.70. The topological polar surface area (TPSA) is 74.1 Å². The molecule has 5 rings (SSSR count). The maximum absolute atomic E-state index is 13.5. The van der Waals surface area contributed by atoms with Gasteiger partial charge in [-0.2, -0.15) is 0 Å². The summed E-state index contributed by atoms with van der Waals surface area (Å²) in [6.07, 6.45) is 3.63. The fourth-order valence-electron chi connectivity index (χ4n) is 4.27. The van der Waals surface area contributed by atoms with Gasteiger partial charge < -0.3 is 4.74 Å². The average Bonchev–Trinajstić information content (AvgIpc) is 3.44. The van der Waals surface area contributed by atoms with E-state index in [-0.39, 0.29) is 23.2 Å². The molecule has 1 fully saturated rings. The molecule has 1 atom stereocenters. The summed E-state index contributed by atoms with van der Waals surface area (Å²) in [5.74, 6) is 0.253. The fraction of sp³-hybridized carbons (Fsp3) is 0.360. The minimum atomic E-state index is -0.0872. The normalized spacial score (nSPS) is 16.2. The molecule has 0 bridgehead atoms. The molecule has 0 radical (unpaired) electrons. The van der Waals surface area contributed by atoms with Crippen molar-refractivity contribution >= 4 is 49.3 Å². The first-order valence-corrected chi connectivity index (χ1v) is 12.9. The van der Waals surface area contributed by atoms with Gasteiger partial charge in [-0.1, -0.05) is 17.8 Å². The molecule has 1 saturated heterocycles. The van der Waals surface area contributed by atoms with Gasteiger partial charge in [0.2, 0.25) is 0 Å².